The Morgan fingerprint density at radius 3 is 2.79 bits per heavy atom. The Balaban J connectivity index is 1.55. The van der Waals surface area contributed by atoms with Gasteiger partial charge in [-0.05, 0) is 29.6 Å². The van der Waals surface area contributed by atoms with Crippen LogP contribution < -0.4 is 0 Å². The van der Waals surface area contributed by atoms with Crippen molar-refractivity contribution in [2.24, 2.45) is 0 Å². The van der Waals surface area contributed by atoms with Crippen molar-refractivity contribution in [3.63, 3.8) is 0 Å². The van der Waals surface area contributed by atoms with Gasteiger partial charge in [0.15, 0.2) is 5.65 Å². The SMILES string of the molecule is c1csc(-c2nccc3[nH]c(-c4n[nH]c5ncc(-c6cn[nH]c6)cc45)cc23)c1. The summed E-state index contributed by atoms with van der Waals surface area (Å²) >= 11 is 1.68. The third-order valence-electron chi connectivity index (χ3n) is 4.81. The molecule has 3 N–H and O–H groups in total. The van der Waals surface area contributed by atoms with Crippen molar-refractivity contribution in [2.75, 3.05) is 0 Å². The van der Waals surface area contributed by atoms with Gasteiger partial charge in [-0.2, -0.15) is 10.2 Å². The highest BCUT2D eigenvalue weighted by molar-refractivity contribution is 7.13. The fraction of sp³-hybridized carbons (Fsp3) is 0. The van der Waals surface area contributed by atoms with E-state index in [0.29, 0.717) is 0 Å². The minimum atomic E-state index is 0.748. The minimum absolute atomic E-state index is 0.748. The number of pyridine rings is 2. The van der Waals surface area contributed by atoms with Crippen molar-refractivity contribution in [3.05, 3.63) is 60.5 Å². The van der Waals surface area contributed by atoms with Crippen LogP contribution in [0, 0.1) is 0 Å². The number of aromatic amines is 3. The molecule has 0 aromatic carbocycles. The van der Waals surface area contributed by atoms with Crippen LogP contribution in [0.4, 0.5) is 0 Å². The molecule has 0 aliphatic carbocycles. The zero-order valence-electron chi connectivity index (χ0n) is 14.5. The number of thiophene rings is 1. The van der Waals surface area contributed by atoms with Crippen LogP contribution in [0.1, 0.15) is 0 Å². The van der Waals surface area contributed by atoms with Crippen LogP contribution in [-0.2, 0) is 0 Å². The maximum Gasteiger partial charge on any atom is 0.155 e. The average Bonchev–Trinajstić information content (AvgIpc) is 3.53. The third kappa shape index (κ3) is 2.28. The van der Waals surface area contributed by atoms with Crippen LogP contribution in [0.3, 0.4) is 0 Å². The first-order valence-corrected chi connectivity index (χ1v) is 9.60. The van der Waals surface area contributed by atoms with E-state index in [9.17, 15) is 0 Å². The van der Waals surface area contributed by atoms with Crippen molar-refractivity contribution in [1.29, 1.82) is 0 Å². The van der Waals surface area contributed by atoms with Crippen molar-refractivity contribution >= 4 is 33.3 Å². The molecule has 6 aromatic heterocycles. The Labute approximate surface area is 162 Å². The molecule has 0 amide bonds. The zero-order valence-corrected chi connectivity index (χ0v) is 15.3. The fourth-order valence-electron chi connectivity index (χ4n) is 3.47. The lowest BCUT2D eigenvalue weighted by Gasteiger charge is -1.98. The Kier molecular flexibility index (Phi) is 3.20. The number of nitrogens with zero attached hydrogens (tertiary/aromatic N) is 4. The molecule has 0 aliphatic rings. The van der Waals surface area contributed by atoms with Gasteiger partial charge in [0.2, 0.25) is 0 Å². The number of hydrogen-bond donors (Lipinski definition) is 3. The van der Waals surface area contributed by atoms with Gasteiger partial charge in [-0.15, -0.1) is 11.3 Å². The molecule has 6 rings (SSSR count). The molecule has 0 unspecified atom stereocenters. The number of aromatic nitrogens is 7. The monoisotopic (exact) mass is 383 g/mol. The molecule has 6 heterocycles. The summed E-state index contributed by atoms with van der Waals surface area (Å²) in [6, 6.07) is 10.3. The first-order valence-electron chi connectivity index (χ1n) is 8.72. The summed E-state index contributed by atoms with van der Waals surface area (Å²) in [5.74, 6) is 0. The first-order chi connectivity index (χ1) is 13.9. The second kappa shape index (κ2) is 5.86. The highest BCUT2D eigenvalue weighted by Gasteiger charge is 2.15. The molecular weight excluding hydrogens is 370 g/mol. The number of H-pyrrole nitrogens is 3. The molecule has 0 fully saturated rings. The summed E-state index contributed by atoms with van der Waals surface area (Å²) < 4.78 is 0. The van der Waals surface area contributed by atoms with Crippen molar-refractivity contribution < 1.29 is 0 Å². The van der Waals surface area contributed by atoms with Crippen LogP contribution in [0.15, 0.2) is 60.5 Å². The first kappa shape index (κ1) is 15.3. The van der Waals surface area contributed by atoms with Crippen LogP contribution in [0.25, 0.3) is 55.0 Å². The summed E-state index contributed by atoms with van der Waals surface area (Å²) in [5, 5.41) is 18.5. The van der Waals surface area contributed by atoms with Gasteiger partial charge in [-0.25, -0.2) is 4.98 Å². The second-order valence-electron chi connectivity index (χ2n) is 6.46. The fourth-order valence-corrected chi connectivity index (χ4v) is 4.20. The van der Waals surface area contributed by atoms with E-state index in [4.69, 9.17) is 0 Å². The maximum absolute atomic E-state index is 4.59. The van der Waals surface area contributed by atoms with E-state index in [1.807, 2.05) is 30.7 Å². The average molecular weight is 383 g/mol. The van der Waals surface area contributed by atoms with E-state index in [0.717, 1.165) is 55.0 Å². The molecule has 6 aromatic rings. The lowest BCUT2D eigenvalue weighted by molar-refractivity contribution is 1.09. The molecule has 0 bridgehead atoms. The normalized spacial score (nSPS) is 11.6. The van der Waals surface area contributed by atoms with E-state index >= 15 is 0 Å². The van der Waals surface area contributed by atoms with Crippen molar-refractivity contribution in [1.82, 2.24) is 35.3 Å². The summed E-state index contributed by atoms with van der Waals surface area (Å²) in [7, 11) is 0. The smallest absolute Gasteiger partial charge is 0.155 e. The van der Waals surface area contributed by atoms with Crippen LogP contribution in [0.5, 0.6) is 0 Å². The van der Waals surface area contributed by atoms with Crippen LogP contribution >= 0.6 is 11.3 Å². The van der Waals surface area contributed by atoms with Crippen molar-refractivity contribution in [3.8, 4) is 33.1 Å². The van der Waals surface area contributed by atoms with E-state index in [1.54, 1.807) is 17.5 Å². The molecule has 0 saturated carbocycles. The number of hydrogen-bond acceptors (Lipinski definition) is 5. The van der Waals surface area contributed by atoms with Crippen LogP contribution in [-0.4, -0.2) is 35.3 Å². The molecular formula is C20H13N7S. The Morgan fingerprint density at radius 2 is 1.93 bits per heavy atom. The Hall–Kier alpha value is -3.78. The van der Waals surface area contributed by atoms with Gasteiger partial charge >= 0.3 is 0 Å². The molecule has 0 spiro atoms. The summed E-state index contributed by atoms with van der Waals surface area (Å²) in [6.07, 6.45) is 7.28. The predicted molar refractivity (Wildman–Crippen MR) is 110 cm³/mol. The van der Waals surface area contributed by atoms with Gasteiger partial charge in [-0.3, -0.25) is 15.2 Å². The lowest BCUT2D eigenvalue weighted by Crippen LogP contribution is -1.81. The molecule has 0 atom stereocenters. The van der Waals surface area contributed by atoms with Gasteiger partial charge in [0.1, 0.15) is 5.69 Å². The Bertz CT molecular complexity index is 1410. The standard InChI is InChI=1S/C20H13N7S/c1-2-17(28-5-1)19-13-7-16(25-15(13)3-4-21-19)18-14-6-11(12-9-23-24-10-12)8-22-20(14)27-26-18/h1-10,25H,(H,23,24)(H,22,26,27). The number of fused-ring (bicyclic) bond motifs is 2. The number of rotatable bonds is 3. The summed E-state index contributed by atoms with van der Waals surface area (Å²) in [4.78, 5) is 13.7. The summed E-state index contributed by atoms with van der Waals surface area (Å²) in [5.41, 5.74) is 6.50. The maximum atomic E-state index is 4.59. The van der Waals surface area contributed by atoms with Crippen molar-refractivity contribution in [2.45, 2.75) is 0 Å². The predicted octanol–water partition coefficient (Wildman–Crippen LogP) is 4.62. The molecule has 0 saturated heterocycles. The second-order valence-corrected chi connectivity index (χ2v) is 7.41. The number of nitrogens with one attached hydrogen (secondary N) is 3. The van der Waals surface area contributed by atoms with Gasteiger partial charge in [0.25, 0.3) is 0 Å². The lowest BCUT2D eigenvalue weighted by atomic mass is 10.1. The molecule has 0 aliphatic heterocycles. The van der Waals surface area contributed by atoms with E-state index < -0.39 is 0 Å². The van der Waals surface area contributed by atoms with Gasteiger partial charge in [-0.1, -0.05) is 6.07 Å². The summed E-state index contributed by atoms with van der Waals surface area (Å²) in [6.45, 7) is 0. The minimum Gasteiger partial charge on any atom is -0.353 e. The molecule has 7 nitrogen and oxygen atoms in total. The van der Waals surface area contributed by atoms with Gasteiger partial charge in [0, 0.05) is 46.0 Å². The van der Waals surface area contributed by atoms with E-state index in [-0.39, 0.29) is 0 Å². The quantitative estimate of drug-likeness (QED) is 0.415. The molecule has 28 heavy (non-hydrogen) atoms. The molecule has 8 heteroatoms. The Morgan fingerprint density at radius 1 is 0.929 bits per heavy atom. The van der Waals surface area contributed by atoms with Crippen LogP contribution in [0.2, 0.25) is 0 Å². The van der Waals surface area contributed by atoms with E-state index in [1.165, 1.54) is 0 Å². The topological polar surface area (TPSA) is 98.9 Å². The van der Waals surface area contributed by atoms with Gasteiger partial charge < -0.3 is 4.98 Å². The third-order valence-corrected chi connectivity index (χ3v) is 5.68. The molecule has 134 valence electrons. The highest BCUT2D eigenvalue weighted by Crippen LogP contribution is 2.34. The van der Waals surface area contributed by atoms with Gasteiger partial charge in [0.05, 0.1) is 22.5 Å². The largest absolute Gasteiger partial charge is 0.353 e. The highest BCUT2D eigenvalue weighted by atomic mass is 32.1. The molecule has 0 radical (unpaired) electrons. The van der Waals surface area contributed by atoms with E-state index in [2.05, 4.69) is 58.9 Å². The zero-order chi connectivity index (χ0) is 18.5.